The quantitative estimate of drug-likeness (QED) is 0.679. The highest BCUT2D eigenvalue weighted by Crippen LogP contribution is 2.24. The maximum Gasteiger partial charge on any atom is 0.249 e. The zero-order chi connectivity index (χ0) is 18.6. The van der Waals surface area contributed by atoms with E-state index in [9.17, 15) is 9.59 Å². The molecule has 3 saturated heterocycles. The largest absolute Gasteiger partial charge is 0.374 e. The Hall–Kier alpha value is -2.12. The number of piperidine rings is 2. The van der Waals surface area contributed by atoms with Gasteiger partial charge in [-0.3, -0.25) is 19.8 Å². The molecule has 0 spiro atoms. The lowest BCUT2D eigenvalue weighted by Crippen LogP contribution is -2.52. The number of piperazine rings is 1. The van der Waals surface area contributed by atoms with Gasteiger partial charge in [0.1, 0.15) is 6.04 Å². The second kappa shape index (κ2) is 8.27. The average molecular weight is 371 g/mol. The van der Waals surface area contributed by atoms with Crippen molar-refractivity contribution in [3.63, 3.8) is 0 Å². The van der Waals surface area contributed by atoms with Crippen LogP contribution in [0.5, 0.6) is 0 Å². The Kier molecular flexibility index (Phi) is 5.59. The number of hydrogen-bond donors (Lipinski definition) is 3. The molecule has 3 aliphatic rings. The minimum Gasteiger partial charge on any atom is -0.374 e. The van der Waals surface area contributed by atoms with Crippen molar-refractivity contribution < 1.29 is 9.59 Å². The van der Waals surface area contributed by atoms with Crippen LogP contribution in [-0.4, -0.2) is 68.1 Å². The van der Waals surface area contributed by atoms with Gasteiger partial charge in [-0.2, -0.15) is 0 Å². The van der Waals surface area contributed by atoms with Crippen molar-refractivity contribution in [2.24, 2.45) is 0 Å². The van der Waals surface area contributed by atoms with E-state index in [1.165, 1.54) is 18.5 Å². The van der Waals surface area contributed by atoms with Crippen LogP contribution in [-0.2, 0) is 9.59 Å². The number of benzene rings is 1. The molecular formula is C20H29N5O2. The molecule has 146 valence electrons. The first-order valence-corrected chi connectivity index (χ1v) is 10.1. The number of hydrogen-bond acceptors (Lipinski definition) is 6. The molecule has 0 bridgehead atoms. The molecule has 4 rings (SSSR count). The molecule has 1 aromatic rings. The Bertz CT molecular complexity index is 681. The zero-order valence-corrected chi connectivity index (χ0v) is 15.7. The van der Waals surface area contributed by atoms with Crippen molar-refractivity contribution in [3.05, 3.63) is 24.3 Å². The fourth-order valence-electron chi connectivity index (χ4n) is 4.34. The summed E-state index contributed by atoms with van der Waals surface area (Å²) in [4.78, 5) is 28.3. The lowest BCUT2D eigenvalue weighted by Gasteiger charge is -2.41. The fourth-order valence-corrected chi connectivity index (χ4v) is 4.34. The number of carbonyl (C=O) groups excluding carboxylic acids is 2. The molecule has 3 heterocycles. The lowest BCUT2D eigenvalue weighted by molar-refractivity contribution is -0.133. The molecule has 7 heteroatoms. The van der Waals surface area contributed by atoms with Gasteiger partial charge >= 0.3 is 0 Å². The van der Waals surface area contributed by atoms with E-state index >= 15 is 0 Å². The van der Waals surface area contributed by atoms with Crippen LogP contribution < -0.4 is 20.9 Å². The Balaban J connectivity index is 1.34. The first-order chi connectivity index (χ1) is 13.2. The average Bonchev–Trinajstić information content (AvgIpc) is 2.71. The summed E-state index contributed by atoms with van der Waals surface area (Å²) in [6, 6.07) is 8.66. The molecule has 1 aromatic carbocycles. The van der Waals surface area contributed by atoms with Gasteiger partial charge in [0.15, 0.2) is 0 Å². The van der Waals surface area contributed by atoms with Gasteiger partial charge in [0.2, 0.25) is 11.8 Å². The topological polar surface area (TPSA) is 76.7 Å². The normalized spacial score (nSPS) is 25.3. The fraction of sp³-hybridized carbons (Fsp3) is 0.600. The predicted molar refractivity (Wildman–Crippen MR) is 106 cm³/mol. The van der Waals surface area contributed by atoms with E-state index in [4.69, 9.17) is 0 Å². The van der Waals surface area contributed by atoms with Gasteiger partial charge in [-0.15, -0.1) is 0 Å². The first-order valence-electron chi connectivity index (χ1n) is 10.1. The van der Waals surface area contributed by atoms with Crippen molar-refractivity contribution in [2.75, 3.05) is 49.5 Å². The first kappa shape index (κ1) is 18.3. The van der Waals surface area contributed by atoms with Crippen molar-refractivity contribution in [3.8, 4) is 0 Å². The predicted octanol–water partition coefficient (Wildman–Crippen LogP) is 0.778. The third-order valence-electron chi connectivity index (χ3n) is 5.93. The van der Waals surface area contributed by atoms with Gasteiger partial charge in [0, 0.05) is 50.0 Å². The minimum absolute atomic E-state index is 0.182. The summed E-state index contributed by atoms with van der Waals surface area (Å²) in [5.41, 5.74) is 2.13. The molecule has 0 radical (unpaired) electrons. The highest BCUT2D eigenvalue weighted by Gasteiger charge is 2.27. The number of rotatable bonds is 4. The summed E-state index contributed by atoms with van der Waals surface area (Å²) >= 11 is 0. The summed E-state index contributed by atoms with van der Waals surface area (Å²) < 4.78 is 0. The van der Waals surface area contributed by atoms with Crippen molar-refractivity contribution in [2.45, 2.75) is 37.8 Å². The summed E-state index contributed by atoms with van der Waals surface area (Å²) in [5.74, 6) is -0.411. The van der Waals surface area contributed by atoms with Gasteiger partial charge in [-0.25, -0.2) is 0 Å². The number of amides is 2. The van der Waals surface area contributed by atoms with Crippen LogP contribution in [0.25, 0.3) is 0 Å². The number of anilines is 2. The third-order valence-corrected chi connectivity index (χ3v) is 5.93. The van der Waals surface area contributed by atoms with Crippen LogP contribution in [0.2, 0.25) is 0 Å². The number of nitrogens with zero attached hydrogens (tertiary/aromatic N) is 2. The van der Waals surface area contributed by atoms with Gasteiger partial charge < -0.3 is 15.5 Å². The summed E-state index contributed by atoms with van der Waals surface area (Å²) in [6.07, 6.45) is 3.45. The van der Waals surface area contributed by atoms with E-state index in [1.807, 2.05) is 12.1 Å². The van der Waals surface area contributed by atoms with Crippen molar-refractivity contribution in [1.82, 2.24) is 15.5 Å². The number of imide groups is 1. The lowest BCUT2D eigenvalue weighted by atomic mass is 10.0. The molecule has 7 nitrogen and oxygen atoms in total. The Morgan fingerprint density at radius 1 is 1.00 bits per heavy atom. The second-order valence-electron chi connectivity index (χ2n) is 7.70. The molecule has 3 aliphatic heterocycles. The summed E-state index contributed by atoms with van der Waals surface area (Å²) in [7, 11) is 0. The molecule has 1 unspecified atom stereocenters. The molecule has 27 heavy (non-hydrogen) atoms. The molecular weight excluding hydrogens is 342 g/mol. The van der Waals surface area contributed by atoms with Crippen LogP contribution in [0.4, 0.5) is 11.4 Å². The molecule has 2 amide bonds. The van der Waals surface area contributed by atoms with E-state index in [2.05, 4.69) is 37.9 Å². The maximum absolute atomic E-state index is 12.0. The molecule has 3 N–H and O–H groups in total. The molecule has 0 aliphatic carbocycles. The van der Waals surface area contributed by atoms with E-state index in [1.54, 1.807) is 0 Å². The molecule has 0 saturated carbocycles. The van der Waals surface area contributed by atoms with E-state index < -0.39 is 0 Å². The maximum atomic E-state index is 12.0. The summed E-state index contributed by atoms with van der Waals surface area (Å²) in [6.45, 7) is 6.56. The summed E-state index contributed by atoms with van der Waals surface area (Å²) in [5, 5.41) is 9.13. The molecule has 1 atom stereocenters. The number of carbonyl (C=O) groups is 2. The monoisotopic (exact) mass is 371 g/mol. The zero-order valence-electron chi connectivity index (χ0n) is 15.7. The Labute approximate surface area is 160 Å². The molecule has 0 aromatic heterocycles. The van der Waals surface area contributed by atoms with E-state index in [-0.39, 0.29) is 17.9 Å². The van der Waals surface area contributed by atoms with Gasteiger partial charge in [0.05, 0.1) is 0 Å². The van der Waals surface area contributed by atoms with Gasteiger partial charge in [-0.1, -0.05) is 6.07 Å². The van der Waals surface area contributed by atoms with Crippen LogP contribution in [0.3, 0.4) is 0 Å². The van der Waals surface area contributed by atoms with Crippen molar-refractivity contribution in [1.29, 1.82) is 0 Å². The molecule has 3 fully saturated rings. The van der Waals surface area contributed by atoms with Crippen LogP contribution in [0.1, 0.15) is 25.7 Å². The van der Waals surface area contributed by atoms with Crippen molar-refractivity contribution >= 4 is 23.2 Å². The smallest absolute Gasteiger partial charge is 0.249 e. The third kappa shape index (κ3) is 4.42. The van der Waals surface area contributed by atoms with E-state index in [0.29, 0.717) is 12.8 Å². The van der Waals surface area contributed by atoms with Crippen LogP contribution >= 0.6 is 0 Å². The SMILES string of the molecule is O=C1CCC(Nc2cccc(N3CCN(C4CCNCC4)CC3)c2)C(=O)N1. The Morgan fingerprint density at radius 3 is 2.52 bits per heavy atom. The standard InChI is InChI=1S/C20H29N5O2/c26-19-5-4-18(20(27)23-19)22-15-2-1-3-17(14-15)25-12-10-24(11-13-25)16-6-8-21-9-7-16/h1-3,14,16,18,21-22H,4-13H2,(H,23,26,27). The Morgan fingerprint density at radius 2 is 1.78 bits per heavy atom. The highest BCUT2D eigenvalue weighted by atomic mass is 16.2. The number of nitrogens with one attached hydrogen (secondary N) is 3. The van der Waals surface area contributed by atoms with Gasteiger partial charge in [-0.05, 0) is 50.6 Å². The van der Waals surface area contributed by atoms with Crippen LogP contribution in [0, 0.1) is 0 Å². The van der Waals surface area contributed by atoms with Gasteiger partial charge in [0.25, 0.3) is 0 Å². The van der Waals surface area contributed by atoms with Crippen LogP contribution in [0.15, 0.2) is 24.3 Å². The second-order valence-corrected chi connectivity index (χ2v) is 7.70. The highest BCUT2D eigenvalue weighted by molar-refractivity contribution is 6.01. The minimum atomic E-state index is -0.338. The van der Waals surface area contributed by atoms with E-state index in [0.717, 1.165) is 51.0 Å².